The lowest BCUT2D eigenvalue weighted by Crippen LogP contribution is -1.98. The van der Waals surface area contributed by atoms with Crippen LogP contribution < -0.4 is 0 Å². The van der Waals surface area contributed by atoms with Gasteiger partial charge in [-0.2, -0.15) is 9.61 Å². The minimum atomic E-state index is 0.707. The Morgan fingerprint density at radius 1 is 0.913 bits per heavy atom. The highest BCUT2D eigenvalue weighted by Crippen LogP contribution is 2.22. The summed E-state index contributed by atoms with van der Waals surface area (Å²) in [7, 11) is 0. The quantitative estimate of drug-likeness (QED) is 0.563. The molecule has 23 heavy (non-hydrogen) atoms. The van der Waals surface area contributed by atoms with Gasteiger partial charge in [0.2, 0.25) is 4.96 Å². The van der Waals surface area contributed by atoms with Crippen molar-refractivity contribution < 1.29 is 0 Å². The van der Waals surface area contributed by atoms with Crippen molar-refractivity contribution in [3.63, 3.8) is 0 Å². The first-order valence-electron chi connectivity index (χ1n) is 7.27. The Balaban J connectivity index is 1.63. The van der Waals surface area contributed by atoms with Crippen LogP contribution in [0.5, 0.6) is 0 Å². The van der Waals surface area contributed by atoms with Crippen molar-refractivity contribution in [3.05, 3.63) is 81.6 Å². The molecule has 0 unspecified atom stereocenters. The molecule has 2 aromatic carbocycles. The fourth-order valence-corrected chi connectivity index (χ4v) is 3.54. The van der Waals surface area contributed by atoms with Crippen LogP contribution in [0.1, 0.15) is 22.0 Å². The Morgan fingerprint density at radius 3 is 2.52 bits per heavy atom. The van der Waals surface area contributed by atoms with Crippen LogP contribution in [0.15, 0.2) is 54.6 Å². The highest BCUT2D eigenvalue weighted by atomic mass is 35.5. The monoisotopic (exact) mass is 340 g/mol. The molecule has 0 saturated carbocycles. The molecule has 6 heteroatoms. The number of nitrogens with zero attached hydrogens (tertiary/aromatic N) is 4. The number of hydrogen-bond donors (Lipinski definition) is 0. The predicted octanol–water partition coefficient (Wildman–Crippen LogP) is 4.02. The van der Waals surface area contributed by atoms with Gasteiger partial charge in [-0.15, -0.1) is 10.2 Å². The molecule has 4 nitrogen and oxygen atoms in total. The number of fused-ring (bicyclic) bond motifs is 1. The zero-order valence-electron chi connectivity index (χ0n) is 12.2. The molecular formula is C17H13ClN4S. The van der Waals surface area contributed by atoms with Crippen molar-refractivity contribution in [3.8, 4) is 0 Å². The molecular weight excluding hydrogens is 328 g/mol. The molecule has 114 valence electrons. The average Bonchev–Trinajstić information content (AvgIpc) is 3.12. The van der Waals surface area contributed by atoms with E-state index in [1.807, 2.05) is 47.0 Å². The van der Waals surface area contributed by atoms with E-state index in [0.29, 0.717) is 6.42 Å². The van der Waals surface area contributed by atoms with Crippen molar-refractivity contribution in [2.75, 3.05) is 0 Å². The van der Waals surface area contributed by atoms with Crippen LogP contribution in [0, 0.1) is 0 Å². The van der Waals surface area contributed by atoms with Gasteiger partial charge in [-0.1, -0.05) is 71.5 Å². The maximum Gasteiger partial charge on any atom is 0.234 e. The summed E-state index contributed by atoms with van der Waals surface area (Å²) in [5.74, 6) is 0.854. The van der Waals surface area contributed by atoms with Gasteiger partial charge in [0, 0.05) is 17.9 Å². The first kappa shape index (κ1) is 14.4. The van der Waals surface area contributed by atoms with Crippen LogP contribution in [0.4, 0.5) is 0 Å². The molecule has 0 aliphatic rings. The predicted molar refractivity (Wildman–Crippen MR) is 92.2 cm³/mol. The second-order valence-corrected chi connectivity index (χ2v) is 6.68. The lowest BCUT2D eigenvalue weighted by molar-refractivity contribution is 0.830. The summed E-state index contributed by atoms with van der Waals surface area (Å²) in [4.78, 5) is 0.818. The maximum atomic E-state index is 6.23. The van der Waals surface area contributed by atoms with Gasteiger partial charge in [0.05, 0.1) is 0 Å². The molecule has 0 atom stereocenters. The van der Waals surface area contributed by atoms with Crippen LogP contribution in [0.3, 0.4) is 0 Å². The van der Waals surface area contributed by atoms with E-state index < -0.39 is 0 Å². The van der Waals surface area contributed by atoms with E-state index in [-0.39, 0.29) is 0 Å². The van der Waals surface area contributed by atoms with Crippen LogP contribution >= 0.6 is 22.9 Å². The SMILES string of the molecule is Clc1ccccc1Cc1nn2c(Cc3ccccc3)nnc2s1. The second kappa shape index (κ2) is 6.10. The van der Waals surface area contributed by atoms with Gasteiger partial charge in [0.25, 0.3) is 0 Å². The fraction of sp³-hybridized carbons (Fsp3) is 0.118. The molecule has 4 aromatic rings. The van der Waals surface area contributed by atoms with Gasteiger partial charge in [-0.3, -0.25) is 0 Å². The molecule has 0 saturated heterocycles. The standard InChI is InChI=1S/C17H13ClN4S/c18-14-9-5-4-8-13(14)11-16-21-22-15(19-20-17(22)23-16)10-12-6-2-1-3-7-12/h1-9H,10-11H2. The summed E-state index contributed by atoms with van der Waals surface area (Å²) in [5.41, 5.74) is 2.27. The molecule has 0 aliphatic carbocycles. The highest BCUT2D eigenvalue weighted by molar-refractivity contribution is 7.16. The maximum absolute atomic E-state index is 6.23. The molecule has 0 spiro atoms. The van der Waals surface area contributed by atoms with Crippen LogP contribution in [0.25, 0.3) is 4.96 Å². The van der Waals surface area contributed by atoms with E-state index in [1.165, 1.54) is 5.56 Å². The average molecular weight is 341 g/mol. The molecule has 0 N–H and O–H groups in total. The zero-order chi connectivity index (χ0) is 15.6. The minimum Gasteiger partial charge on any atom is -0.187 e. The fourth-order valence-electron chi connectivity index (χ4n) is 2.46. The topological polar surface area (TPSA) is 43.1 Å². The Morgan fingerprint density at radius 2 is 1.70 bits per heavy atom. The number of aromatic nitrogens is 4. The summed E-state index contributed by atoms with van der Waals surface area (Å²) in [6.45, 7) is 0. The van der Waals surface area contributed by atoms with Crippen molar-refractivity contribution in [2.45, 2.75) is 12.8 Å². The van der Waals surface area contributed by atoms with Gasteiger partial charge in [-0.25, -0.2) is 0 Å². The van der Waals surface area contributed by atoms with Crippen molar-refractivity contribution in [2.24, 2.45) is 0 Å². The van der Waals surface area contributed by atoms with E-state index >= 15 is 0 Å². The van der Waals surface area contributed by atoms with Crippen molar-refractivity contribution in [1.82, 2.24) is 19.8 Å². The second-order valence-electron chi connectivity index (χ2n) is 5.24. The van der Waals surface area contributed by atoms with Crippen LogP contribution in [-0.4, -0.2) is 19.8 Å². The largest absolute Gasteiger partial charge is 0.234 e. The first-order valence-corrected chi connectivity index (χ1v) is 8.46. The van der Waals surface area contributed by atoms with Gasteiger partial charge < -0.3 is 0 Å². The molecule has 0 bridgehead atoms. The van der Waals surface area contributed by atoms with E-state index in [4.69, 9.17) is 11.6 Å². The molecule has 2 aromatic heterocycles. The molecule has 0 aliphatic heterocycles. The molecule has 0 amide bonds. The van der Waals surface area contributed by atoms with Gasteiger partial charge in [0.1, 0.15) is 5.01 Å². The summed E-state index contributed by atoms with van der Waals surface area (Å²) in [6, 6.07) is 18.1. The van der Waals surface area contributed by atoms with E-state index in [2.05, 4.69) is 27.4 Å². The Hall–Kier alpha value is -2.24. The van der Waals surface area contributed by atoms with Crippen LogP contribution in [0.2, 0.25) is 5.02 Å². The number of rotatable bonds is 4. The summed E-state index contributed by atoms with van der Waals surface area (Å²) in [5, 5.41) is 14.9. The van der Waals surface area contributed by atoms with E-state index in [1.54, 1.807) is 11.3 Å². The van der Waals surface area contributed by atoms with E-state index in [0.717, 1.165) is 32.8 Å². The highest BCUT2D eigenvalue weighted by Gasteiger charge is 2.13. The number of benzene rings is 2. The van der Waals surface area contributed by atoms with Crippen molar-refractivity contribution in [1.29, 1.82) is 0 Å². The zero-order valence-corrected chi connectivity index (χ0v) is 13.8. The first-order chi connectivity index (χ1) is 11.3. The van der Waals surface area contributed by atoms with Crippen molar-refractivity contribution >= 4 is 27.9 Å². The Labute approximate surface area is 142 Å². The minimum absolute atomic E-state index is 0.707. The summed E-state index contributed by atoms with van der Waals surface area (Å²) < 4.78 is 1.84. The van der Waals surface area contributed by atoms with Gasteiger partial charge in [-0.05, 0) is 17.2 Å². The van der Waals surface area contributed by atoms with E-state index in [9.17, 15) is 0 Å². The smallest absolute Gasteiger partial charge is 0.187 e. The Bertz CT molecular complexity index is 946. The third kappa shape index (κ3) is 2.98. The molecule has 0 radical (unpaired) electrons. The molecule has 2 heterocycles. The van der Waals surface area contributed by atoms with Crippen LogP contribution in [-0.2, 0) is 12.8 Å². The lowest BCUT2D eigenvalue weighted by atomic mass is 10.1. The third-order valence-corrected chi connectivity index (χ3v) is 4.87. The number of halogens is 1. The Kier molecular flexibility index (Phi) is 3.81. The van der Waals surface area contributed by atoms with Gasteiger partial charge in [0.15, 0.2) is 5.82 Å². The molecule has 0 fully saturated rings. The third-order valence-electron chi connectivity index (χ3n) is 3.60. The molecule has 4 rings (SSSR count). The summed E-state index contributed by atoms with van der Waals surface area (Å²) >= 11 is 7.78. The summed E-state index contributed by atoms with van der Waals surface area (Å²) in [6.07, 6.45) is 1.43. The lowest BCUT2D eigenvalue weighted by Gasteiger charge is -2.00. The van der Waals surface area contributed by atoms with Gasteiger partial charge >= 0.3 is 0 Å². The number of hydrogen-bond acceptors (Lipinski definition) is 4. The normalized spacial score (nSPS) is 11.2.